The van der Waals surface area contributed by atoms with Gasteiger partial charge in [-0.3, -0.25) is 4.79 Å². The number of anilines is 1. The maximum absolute atomic E-state index is 11.8. The molecule has 1 heterocycles. The summed E-state index contributed by atoms with van der Waals surface area (Å²) in [6.45, 7) is 5.60. The van der Waals surface area contributed by atoms with Crippen LogP contribution in [0.1, 0.15) is 23.9 Å². The third kappa shape index (κ3) is 2.76. The van der Waals surface area contributed by atoms with Crippen LogP contribution < -0.4 is 4.90 Å². The Morgan fingerprint density at radius 1 is 1.37 bits per heavy atom. The third-order valence-electron chi connectivity index (χ3n) is 3.06. The molecule has 5 nitrogen and oxygen atoms in total. The van der Waals surface area contributed by atoms with Gasteiger partial charge in [0.1, 0.15) is 6.54 Å². The second kappa shape index (κ2) is 5.40. The predicted octanol–water partition coefficient (Wildman–Crippen LogP) is 2.89. The smallest absolute Gasteiger partial charge is 0.235 e. The molecule has 0 aliphatic rings. The van der Waals surface area contributed by atoms with Crippen molar-refractivity contribution in [3.8, 4) is 0 Å². The van der Waals surface area contributed by atoms with Crippen LogP contribution >= 0.6 is 11.6 Å². The molecule has 0 bridgehead atoms. The van der Waals surface area contributed by atoms with Crippen molar-refractivity contribution in [3.05, 3.63) is 40.6 Å². The topological polar surface area (TPSA) is 59.2 Å². The van der Waals surface area contributed by atoms with Gasteiger partial charge in [0.15, 0.2) is 0 Å². The van der Waals surface area contributed by atoms with Crippen molar-refractivity contribution in [1.82, 2.24) is 10.2 Å². The Kier molecular flexibility index (Phi) is 3.85. The molecule has 0 aliphatic heterocycles. The first-order valence-corrected chi connectivity index (χ1v) is 6.17. The van der Waals surface area contributed by atoms with Gasteiger partial charge in [0.2, 0.25) is 18.2 Å². The van der Waals surface area contributed by atoms with Gasteiger partial charge in [-0.15, -0.1) is 10.2 Å². The van der Waals surface area contributed by atoms with Crippen LogP contribution in [-0.4, -0.2) is 16.1 Å². The zero-order chi connectivity index (χ0) is 14.0. The molecule has 0 saturated carbocycles. The Morgan fingerprint density at radius 2 is 2.11 bits per heavy atom. The van der Waals surface area contributed by atoms with E-state index >= 15 is 0 Å². The zero-order valence-corrected chi connectivity index (χ0v) is 11.7. The molecular formula is C13H14ClN3O2. The van der Waals surface area contributed by atoms with Gasteiger partial charge in [-0.2, -0.15) is 0 Å². The van der Waals surface area contributed by atoms with Crippen molar-refractivity contribution >= 4 is 23.2 Å². The van der Waals surface area contributed by atoms with Crippen molar-refractivity contribution in [2.24, 2.45) is 0 Å². The molecule has 0 spiro atoms. The highest BCUT2D eigenvalue weighted by molar-refractivity contribution is 6.31. The SMILES string of the molecule is CC(=O)N(Cc1nnco1)c1ccc(Cl)c(C)c1C. The van der Waals surface area contributed by atoms with E-state index < -0.39 is 0 Å². The molecule has 0 unspecified atom stereocenters. The Morgan fingerprint density at radius 3 is 2.68 bits per heavy atom. The fourth-order valence-corrected chi connectivity index (χ4v) is 2.04. The van der Waals surface area contributed by atoms with Crippen molar-refractivity contribution in [3.63, 3.8) is 0 Å². The molecule has 2 aromatic rings. The summed E-state index contributed by atoms with van der Waals surface area (Å²) in [5.74, 6) is 0.297. The number of hydrogen-bond acceptors (Lipinski definition) is 4. The largest absolute Gasteiger partial charge is 0.426 e. The van der Waals surface area contributed by atoms with Gasteiger partial charge < -0.3 is 9.32 Å². The van der Waals surface area contributed by atoms with Crippen LogP contribution in [-0.2, 0) is 11.3 Å². The molecule has 0 saturated heterocycles. The van der Waals surface area contributed by atoms with E-state index in [0.717, 1.165) is 16.8 Å². The van der Waals surface area contributed by atoms with Crippen LogP contribution in [0.25, 0.3) is 0 Å². The van der Waals surface area contributed by atoms with E-state index in [1.807, 2.05) is 19.9 Å². The van der Waals surface area contributed by atoms with Crippen molar-refractivity contribution in [2.45, 2.75) is 27.3 Å². The van der Waals surface area contributed by atoms with Gasteiger partial charge >= 0.3 is 0 Å². The van der Waals surface area contributed by atoms with E-state index in [4.69, 9.17) is 16.0 Å². The normalized spacial score (nSPS) is 10.5. The lowest BCUT2D eigenvalue weighted by Crippen LogP contribution is -2.28. The first-order valence-electron chi connectivity index (χ1n) is 5.79. The Balaban J connectivity index is 2.40. The number of rotatable bonds is 3. The summed E-state index contributed by atoms with van der Waals surface area (Å²) < 4.78 is 5.09. The van der Waals surface area contributed by atoms with Crippen molar-refractivity contribution in [1.29, 1.82) is 0 Å². The zero-order valence-electron chi connectivity index (χ0n) is 11.0. The van der Waals surface area contributed by atoms with E-state index in [1.165, 1.54) is 13.3 Å². The number of hydrogen-bond donors (Lipinski definition) is 0. The average Bonchev–Trinajstić information content (AvgIpc) is 2.87. The van der Waals surface area contributed by atoms with Gasteiger partial charge in [0.05, 0.1) is 0 Å². The van der Waals surface area contributed by atoms with Crippen LogP contribution in [0.3, 0.4) is 0 Å². The molecule has 0 aliphatic carbocycles. The van der Waals surface area contributed by atoms with Gasteiger partial charge in [-0.1, -0.05) is 11.6 Å². The number of halogens is 1. The Hall–Kier alpha value is -1.88. The number of amides is 1. The standard InChI is InChI=1S/C13H14ClN3O2/c1-8-9(2)12(5-4-11(8)14)17(10(3)18)6-13-16-15-7-19-13/h4-5,7H,6H2,1-3H3. The highest BCUT2D eigenvalue weighted by atomic mass is 35.5. The summed E-state index contributed by atoms with van der Waals surface area (Å²) >= 11 is 6.07. The van der Waals surface area contributed by atoms with E-state index in [0.29, 0.717) is 10.9 Å². The molecule has 1 aromatic carbocycles. The van der Waals surface area contributed by atoms with E-state index in [1.54, 1.807) is 11.0 Å². The molecule has 0 radical (unpaired) electrons. The van der Waals surface area contributed by atoms with Crippen LogP contribution in [0, 0.1) is 13.8 Å². The number of nitrogens with zero attached hydrogens (tertiary/aromatic N) is 3. The number of carbonyl (C=O) groups is 1. The molecular weight excluding hydrogens is 266 g/mol. The summed E-state index contributed by atoms with van der Waals surface area (Å²) in [4.78, 5) is 13.4. The van der Waals surface area contributed by atoms with Crippen molar-refractivity contribution in [2.75, 3.05) is 4.90 Å². The number of benzene rings is 1. The van der Waals surface area contributed by atoms with Crippen molar-refractivity contribution < 1.29 is 9.21 Å². The van der Waals surface area contributed by atoms with E-state index in [9.17, 15) is 4.79 Å². The second-order valence-electron chi connectivity index (χ2n) is 4.25. The first kappa shape index (κ1) is 13.5. The summed E-state index contributed by atoms with van der Waals surface area (Å²) in [6, 6.07) is 3.60. The maximum atomic E-state index is 11.8. The average molecular weight is 280 g/mol. The lowest BCUT2D eigenvalue weighted by Gasteiger charge is -2.22. The minimum Gasteiger partial charge on any atom is -0.426 e. The van der Waals surface area contributed by atoms with Crippen LogP contribution in [0.15, 0.2) is 22.9 Å². The first-order chi connectivity index (χ1) is 9.00. The monoisotopic (exact) mass is 279 g/mol. The third-order valence-corrected chi connectivity index (χ3v) is 3.47. The maximum Gasteiger partial charge on any atom is 0.235 e. The number of carbonyl (C=O) groups excluding carboxylic acids is 1. The van der Waals surface area contributed by atoms with E-state index in [2.05, 4.69) is 10.2 Å². The minimum atomic E-state index is -0.0944. The van der Waals surface area contributed by atoms with Gasteiger partial charge in [0.25, 0.3) is 0 Å². The molecule has 1 amide bonds. The van der Waals surface area contributed by atoms with Crippen LogP contribution in [0.4, 0.5) is 5.69 Å². The molecule has 100 valence electrons. The Bertz CT molecular complexity index is 596. The predicted molar refractivity (Wildman–Crippen MR) is 72.1 cm³/mol. The van der Waals surface area contributed by atoms with Gasteiger partial charge in [-0.25, -0.2) is 0 Å². The second-order valence-corrected chi connectivity index (χ2v) is 4.66. The lowest BCUT2D eigenvalue weighted by atomic mass is 10.1. The molecule has 0 N–H and O–H groups in total. The minimum absolute atomic E-state index is 0.0944. The van der Waals surface area contributed by atoms with Crippen LogP contribution in [0.2, 0.25) is 5.02 Å². The summed E-state index contributed by atoms with van der Waals surface area (Å²) in [5, 5.41) is 8.09. The molecule has 1 aromatic heterocycles. The summed E-state index contributed by atoms with van der Waals surface area (Å²) in [7, 11) is 0. The van der Waals surface area contributed by atoms with Crippen LogP contribution in [0.5, 0.6) is 0 Å². The molecule has 6 heteroatoms. The van der Waals surface area contributed by atoms with Gasteiger partial charge in [-0.05, 0) is 37.1 Å². The molecule has 0 atom stereocenters. The highest BCUT2D eigenvalue weighted by Crippen LogP contribution is 2.29. The van der Waals surface area contributed by atoms with Gasteiger partial charge in [0, 0.05) is 17.6 Å². The summed E-state index contributed by atoms with van der Waals surface area (Å²) in [5.41, 5.74) is 2.71. The fourth-order valence-electron chi connectivity index (χ4n) is 1.83. The quantitative estimate of drug-likeness (QED) is 0.867. The lowest BCUT2D eigenvalue weighted by molar-refractivity contribution is -0.116. The number of aromatic nitrogens is 2. The fraction of sp³-hybridized carbons (Fsp3) is 0.308. The Labute approximate surface area is 116 Å². The highest BCUT2D eigenvalue weighted by Gasteiger charge is 2.18. The van der Waals surface area contributed by atoms with E-state index in [-0.39, 0.29) is 12.5 Å². The molecule has 19 heavy (non-hydrogen) atoms. The molecule has 2 rings (SSSR count). The molecule has 0 fully saturated rings. The summed E-state index contributed by atoms with van der Waals surface area (Å²) in [6.07, 6.45) is 1.24.